The van der Waals surface area contributed by atoms with Crippen LogP contribution in [0.5, 0.6) is 0 Å². The molecule has 3 aromatic rings. The summed E-state index contributed by atoms with van der Waals surface area (Å²) in [5.41, 5.74) is 13.4. The zero-order valence-corrected chi connectivity index (χ0v) is 20.5. The number of fused-ring (bicyclic) bond motifs is 1. The highest BCUT2D eigenvalue weighted by Gasteiger charge is 2.28. The van der Waals surface area contributed by atoms with E-state index in [1.54, 1.807) is 6.20 Å². The molecule has 38 heavy (non-hydrogen) atoms. The molecule has 3 rings (SSSR count). The third-order valence-corrected chi connectivity index (χ3v) is 5.83. The number of carboxylic acids is 1. The van der Waals surface area contributed by atoms with Gasteiger partial charge >= 0.3 is 5.97 Å². The summed E-state index contributed by atoms with van der Waals surface area (Å²) in [4.78, 5) is 63.9. The Labute approximate surface area is 218 Å². The molecule has 0 spiro atoms. The number of benzene rings is 2. The van der Waals surface area contributed by atoms with Gasteiger partial charge in [-0.3, -0.25) is 19.2 Å². The van der Waals surface area contributed by atoms with Gasteiger partial charge in [0, 0.05) is 23.5 Å². The van der Waals surface area contributed by atoms with Gasteiger partial charge in [0.25, 0.3) is 0 Å². The second kappa shape index (κ2) is 13.0. The van der Waals surface area contributed by atoms with Crippen LogP contribution in [0.15, 0.2) is 60.8 Å². The van der Waals surface area contributed by atoms with Gasteiger partial charge in [-0.05, 0) is 23.6 Å². The fourth-order valence-corrected chi connectivity index (χ4v) is 3.91. The number of carboxylic acid groups (broad SMARTS) is 1. The molecule has 12 heteroatoms. The number of hydrogen-bond acceptors (Lipinski definition) is 6. The van der Waals surface area contributed by atoms with Gasteiger partial charge in [-0.25, -0.2) is 4.79 Å². The van der Waals surface area contributed by atoms with Crippen molar-refractivity contribution < 1.29 is 29.1 Å². The molecule has 0 aliphatic rings. The van der Waals surface area contributed by atoms with Crippen LogP contribution in [0.1, 0.15) is 17.5 Å². The maximum absolute atomic E-state index is 13.0. The van der Waals surface area contributed by atoms with Gasteiger partial charge in [-0.2, -0.15) is 0 Å². The van der Waals surface area contributed by atoms with E-state index in [9.17, 15) is 29.1 Å². The molecule has 0 radical (unpaired) electrons. The van der Waals surface area contributed by atoms with Crippen LogP contribution in [0, 0.1) is 0 Å². The van der Waals surface area contributed by atoms with Crippen molar-refractivity contribution in [2.75, 3.05) is 6.54 Å². The van der Waals surface area contributed by atoms with Gasteiger partial charge in [0.2, 0.25) is 23.6 Å². The Balaban J connectivity index is 1.68. The molecular weight excluding hydrogens is 492 g/mol. The number of carbonyl (C=O) groups excluding carboxylic acids is 4. The fraction of sp³-hybridized carbons (Fsp3) is 0.269. The molecule has 12 nitrogen and oxygen atoms in total. The summed E-state index contributed by atoms with van der Waals surface area (Å²) >= 11 is 0. The first-order valence-electron chi connectivity index (χ1n) is 11.9. The van der Waals surface area contributed by atoms with Crippen LogP contribution in [0.2, 0.25) is 0 Å². The van der Waals surface area contributed by atoms with Gasteiger partial charge in [0.15, 0.2) is 0 Å². The number of primary amides is 1. The Bertz CT molecular complexity index is 1310. The fourth-order valence-electron chi connectivity index (χ4n) is 3.91. The molecule has 2 aromatic carbocycles. The number of nitrogens with one attached hydrogen (secondary N) is 4. The molecule has 0 bridgehead atoms. The van der Waals surface area contributed by atoms with E-state index in [1.807, 2.05) is 54.6 Å². The summed E-state index contributed by atoms with van der Waals surface area (Å²) < 4.78 is 0. The average molecular weight is 523 g/mol. The molecular formula is C26H30N6O6. The highest BCUT2D eigenvalue weighted by atomic mass is 16.4. The lowest BCUT2D eigenvalue weighted by atomic mass is 10.0. The smallest absolute Gasteiger partial charge is 0.326 e. The van der Waals surface area contributed by atoms with E-state index >= 15 is 0 Å². The Morgan fingerprint density at radius 3 is 2.24 bits per heavy atom. The van der Waals surface area contributed by atoms with Crippen molar-refractivity contribution in [1.29, 1.82) is 0 Å². The first kappa shape index (κ1) is 27.9. The Morgan fingerprint density at radius 1 is 0.868 bits per heavy atom. The van der Waals surface area contributed by atoms with Crippen LogP contribution in [0.3, 0.4) is 0 Å². The Kier molecular flexibility index (Phi) is 9.54. The van der Waals surface area contributed by atoms with Crippen LogP contribution in [0.25, 0.3) is 10.9 Å². The van der Waals surface area contributed by atoms with Crippen molar-refractivity contribution in [3.63, 3.8) is 0 Å². The average Bonchev–Trinajstić information content (AvgIpc) is 3.29. The number of aromatic nitrogens is 1. The third-order valence-electron chi connectivity index (χ3n) is 5.83. The van der Waals surface area contributed by atoms with Crippen molar-refractivity contribution >= 4 is 40.5 Å². The molecule has 1 heterocycles. The predicted octanol–water partition coefficient (Wildman–Crippen LogP) is -0.674. The van der Waals surface area contributed by atoms with E-state index in [0.29, 0.717) is 5.56 Å². The summed E-state index contributed by atoms with van der Waals surface area (Å²) in [5, 5.41) is 17.4. The molecule has 3 atom stereocenters. The first-order valence-corrected chi connectivity index (χ1v) is 11.9. The minimum Gasteiger partial charge on any atom is -0.480 e. The zero-order valence-electron chi connectivity index (χ0n) is 20.5. The normalized spacial score (nSPS) is 13.2. The van der Waals surface area contributed by atoms with Gasteiger partial charge in [0.05, 0.1) is 19.0 Å². The topological polar surface area (TPSA) is 209 Å². The van der Waals surface area contributed by atoms with Gasteiger partial charge < -0.3 is 37.5 Å². The molecule has 200 valence electrons. The van der Waals surface area contributed by atoms with Crippen LogP contribution in [0.4, 0.5) is 0 Å². The quantitative estimate of drug-likeness (QED) is 0.154. The largest absolute Gasteiger partial charge is 0.480 e. The van der Waals surface area contributed by atoms with Gasteiger partial charge in [0.1, 0.15) is 12.1 Å². The van der Waals surface area contributed by atoms with E-state index in [-0.39, 0.29) is 12.8 Å². The van der Waals surface area contributed by atoms with Crippen molar-refractivity contribution in [1.82, 2.24) is 20.9 Å². The van der Waals surface area contributed by atoms with Crippen molar-refractivity contribution in [3.05, 3.63) is 71.9 Å². The Hall–Kier alpha value is -4.71. The Morgan fingerprint density at radius 2 is 1.55 bits per heavy atom. The monoisotopic (exact) mass is 522 g/mol. The number of nitrogens with two attached hydrogens (primary N) is 2. The van der Waals surface area contributed by atoms with Crippen molar-refractivity contribution in [2.45, 2.75) is 37.4 Å². The molecule has 0 saturated heterocycles. The summed E-state index contributed by atoms with van der Waals surface area (Å²) in [7, 11) is 0. The van der Waals surface area contributed by atoms with Crippen LogP contribution < -0.4 is 27.4 Å². The van der Waals surface area contributed by atoms with E-state index in [4.69, 9.17) is 11.5 Å². The number of aliphatic carboxylic acids is 1. The second-order valence-electron chi connectivity index (χ2n) is 8.77. The molecule has 9 N–H and O–H groups in total. The number of amides is 4. The molecule has 3 unspecified atom stereocenters. The summed E-state index contributed by atoms with van der Waals surface area (Å²) in [5.74, 6) is -4.43. The molecule has 0 aliphatic heterocycles. The minimum absolute atomic E-state index is 0.00592. The number of H-pyrrole nitrogens is 1. The molecule has 1 aromatic heterocycles. The SMILES string of the molecule is NC(=O)CC(NC(=O)C(Cc1c[nH]c2ccccc12)NC(=O)CNC(=O)C(N)Cc1ccccc1)C(=O)O. The number of para-hydroxylation sites is 1. The van der Waals surface area contributed by atoms with E-state index in [0.717, 1.165) is 16.5 Å². The van der Waals surface area contributed by atoms with Crippen LogP contribution in [-0.2, 0) is 36.8 Å². The second-order valence-corrected chi connectivity index (χ2v) is 8.77. The number of hydrogen-bond donors (Lipinski definition) is 7. The summed E-state index contributed by atoms with van der Waals surface area (Å²) in [6.45, 7) is -0.456. The number of carbonyl (C=O) groups is 5. The highest BCUT2D eigenvalue weighted by Crippen LogP contribution is 2.19. The lowest BCUT2D eigenvalue weighted by molar-refractivity contribution is -0.143. The van der Waals surface area contributed by atoms with Gasteiger partial charge in [-0.15, -0.1) is 0 Å². The van der Waals surface area contributed by atoms with Crippen LogP contribution in [-0.4, -0.2) is 64.4 Å². The van der Waals surface area contributed by atoms with E-state index in [2.05, 4.69) is 20.9 Å². The summed E-state index contributed by atoms with van der Waals surface area (Å²) in [6, 6.07) is 12.8. The molecule has 0 saturated carbocycles. The molecule has 4 amide bonds. The number of aromatic amines is 1. The third kappa shape index (κ3) is 7.90. The first-order chi connectivity index (χ1) is 18.1. The minimum atomic E-state index is -1.57. The van der Waals surface area contributed by atoms with E-state index in [1.165, 1.54) is 0 Å². The van der Waals surface area contributed by atoms with E-state index < -0.39 is 60.7 Å². The zero-order chi connectivity index (χ0) is 27.7. The van der Waals surface area contributed by atoms with Crippen LogP contribution >= 0.6 is 0 Å². The standard InChI is InChI=1S/C26H30N6O6/c27-18(10-15-6-2-1-3-7-15)24(35)30-14-23(34)31-20(25(36)32-21(26(37)38)12-22(28)33)11-16-13-29-19-9-5-4-8-17(16)19/h1-9,13,18,20-21,29H,10-12,14,27H2,(H2,28,33)(H,30,35)(H,31,34)(H,32,36)(H,37,38). The maximum Gasteiger partial charge on any atom is 0.326 e. The lowest BCUT2D eigenvalue weighted by Crippen LogP contribution is -2.55. The summed E-state index contributed by atoms with van der Waals surface area (Å²) in [6.07, 6.45) is 1.34. The highest BCUT2D eigenvalue weighted by molar-refractivity contribution is 5.94. The lowest BCUT2D eigenvalue weighted by Gasteiger charge is -2.21. The predicted molar refractivity (Wildman–Crippen MR) is 138 cm³/mol. The number of rotatable bonds is 13. The van der Waals surface area contributed by atoms with Gasteiger partial charge in [-0.1, -0.05) is 48.5 Å². The van der Waals surface area contributed by atoms with Crippen molar-refractivity contribution in [3.8, 4) is 0 Å². The maximum atomic E-state index is 13.0. The molecule has 0 fully saturated rings. The van der Waals surface area contributed by atoms with Crippen molar-refractivity contribution in [2.24, 2.45) is 11.5 Å². The molecule has 0 aliphatic carbocycles.